The van der Waals surface area contributed by atoms with E-state index in [4.69, 9.17) is 5.11 Å². The SMILES string of the molecule is COC(=O)[C@@H]1C[C@H](O)[C@H](NC(=O)O)C1. The number of hydrogen-bond donors (Lipinski definition) is 3. The highest BCUT2D eigenvalue weighted by atomic mass is 16.5. The summed E-state index contributed by atoms with van der Waals surface area (Å²) in [5, 5.41) is 20.0. The minimum Gasteiger partial charge on any atom is -0.469 e. The first-order valence-corrected chi connectivity index (χ1v) is 4.30. The molecule has 0 aromatic rings. The summed E-state index contributed by atoms with van der Waals surface area (Å²) in [4.78, 5) is 21.4. The molecule has 1 rings (SSSR count). The number of methoxy groups -OCH3 is 1. The van der Waals surface area contributed by atoms with Gasteiger partial charge >= 0.3 is 12.1 Å². The van der Waals surface area contributed by atoms with Gasteiger partial charge in [0, 0.05) is 0 Å². The number of hydrogen-bond acceptors (Lipinski definition) is 4. The average molecular weight is 203 g/mol. The smallest absolute Gasteiger partial charge is 0.404 e. The maximum atomic E-state index is 11.1. The summed E-state index contributed by atoms with van der Waals surface area (Å²) in [6, 6.07) is -0.573. The van der Waals surface area contributed by atoms with E-state index >= 15 is 0 Å². The highest BCUT2D eigenvalue weighted by Crippen LogP contribution is 2.26. The van der Waals surface area contributed by atoms with Crippen molar-refractivity contribution in [2.24, 2.45) is 5.92 Å². The molecular weight excluding hydrogens is 190 g/mol. The highest BCUT2D eigenvalue weighted by molar-refractivity contribution is 5.73. The normalized spacial score (nSPS) is 31.1. The highest BCUT2D eigenvalue weighted by Gasteiger charge is 2.38. The Bertz CT molecular complexity index is 242. The Labute approximate surface area is 80.9 Å². The maximum Gasteiger partial charge on any atom is 0.404 e. The van der Waals surface area contributed by atoms with Gasteiger partial charge in [0.05, 0.1) is 25.2 Å². The number of carboxylic acid groups (broad SMARTS) is 1. The molecule has 14 heavy (non-hydrogen) atoms. The van der Waals surface area contributed by atoms with Crippen molar-refractivity contribution < 1.29 is 24.5 Å². The Morgan fingerprint density at radius 1 is 1.43 bits per heavy atom. The van der Waals surface area contributed by atoms with Gasteiger partial charge < -0.3 is 20.3 Å². The summed E-state index contributed by atoms with van der Waals surface area (Å²) in [7, 11) is 1.27. The van der Waals surface area contributed by atoms with E-state index in [1.807, 2.05) is 0 Å². The van der Waals surface area contributed by atoms with Gasteiger partial charge in [-0.2, -0.15) is 0 Å². The Hall–Kier alpha value is -1.30. The lowest BCUT2D eigenvalue weighted by atomic mass is 10.1. The molecular formula is C8H13NO5. The molecule has 0 bridgehead atoms. The molecule has 0 radical (unpaired) electrons. The predicted molar refractivity (Wildman–Crippen MR) is 45.7 cm³/mol. The lowest BCUT2D eigenvalue weighted by Crippen LogP contribution is -2.39. The molecule has 0 aromatic carbocycles. The zero-order valence-corrected chi connectivity index (χ0v) is 7.77. The molecule has 1 amide bonds. The molecule has 6 nitrogen and oxygen atoms in total. The van der Waals surface area contributed by atoms with Gasteiger partial charge in [0.1, 0.15) is 0 Å². The van der Waals surface area contributed by atoms with Crippen LogP contribution < -0.4 is 5.32 Å². The van der Waals surface area contributed by atoms with Gasteiger partial charge in [-0.15, -0.1) is 0 Å². The molecule has 3 atom stereocenters. The van der Waals surface area contributed by atoms with E-state index in [0.717, 1.165) is 0 Å². The second-order valence-electron chi connectivity index (χ2n) is 3.31. The van der Waals surface area contributed by atoms with Gasteiger partial charge in [0.2, 0.25) is 0 Å². The fourth-order valence-electron chi connectivity index (χ4n) is 1.69. The van der Waals surface area contributed by atoms with Crippen molar-refractivity contribution in [1.29, 1.82) is 0 Å². The molecule has 80 valence electrons. The van der Waals surface area contributed by atoms with Crippen molar-refractivity contribution in [2.45, 2.75) is 25.0 Å². The van der Waals surface area contributed by atoms with Crippen molar-refractivity contribution in [3.05, 3.63) is 0 Å². The van der Waals surface area contributed by atoms with Crippen LogP contribution >= 0.6 is 0 Å². The number of aliphatic hydroxyl groups excluding tert-OH is 1. The van der Waals surface area contributed by atoms with Crippen molar-refractivity contribution in [2.75, 3.05) is 7.11 Å². The van der Waals surface area contributed by atoms with Crippen LogP contribution in [0.4, 0.5) is 4.79 Å². The first-order chi connectivity index (χ1) is 6.54. The first-order valence-electron chi connectivity index (χ1n) is 4.30. The summed E-state index contributed by atoms with van der Waals surface area (Å²) in [5.41, 5.74) is 0. The van der Waals surface area contributed by atoms with Crippen LogP contribution in [-0.2, 0) is 9.53 Å². The Morgan fingerprint density at radius 3 is 2.57 bits per heavy atom. The number of carbonyl (C=O) groups is 2. The van der Waals surface area contributed by atoms with E-state index < -0.39 is 30.1 Å². The summed E-state index contributed by atoms with van der Waals surface area (Å²) in [6.07, 6.45) is -1.47. The topological polar surface area (TPSA) is 95.9 Å². The van der Waals surface area contributed by atoms with Gasteiger partial charge in [-0.3, -0.25) is 4.79 Å². The third kappa shape index (κ3) is 2.35. The molecule has 0 spiro atoms. The lowest BCUT2D eigenvalue weighted by Gasteiger charge is -2.12. The summed E-state index contributed by atoms with van der Waals surface area (Å²) in [5.74, 6) is -0.814. The standard InChI is InChI=1S/C8H13NO5/c1-14-7(11)4-2-5(6(10)3-4)9-8(12)13/h4-6,9-10H,2-3H2,1H3,(H,12,13)/t4-,5+,6-/m0/s1. The summed E-state index contributed by atoms with van der Waals surface area (Å²) in [6.45, 7) is 0. The minimum atomic E-state index is -1.19. The van der Waals surface area contributed by atoms with Crippen LogP contribution in [0.25, 0.3) is 0 Å². The molecule has 0 heterocycles. The Morgan fingerprint density at radius 2 is 2.07 bits per heavy atom. The van der Waals surface area contributed by atoms with E-state index in [9.17, 15) is 14.7 Å². The van der Waals surface area contributed by atoms with Crippen molar-refractivity contribution in [1.82, 2.24) is 5.32 Å². The largest absolute Gasteiger partial charge is 0.469 e. The third-order valence-corrected chi connectivity index (χ3v) is 2.37. The molecule has 0 aliphatic heterocycles. The average Bonchev–Trinajstić information content (AvgIpc) is 2.46. The van der Waals surface area contributed by atoms with Crippen LogP contribution in [0.5, 0.6) is 0 Å². The zero-order chi connectivity index (χ0) is 10.7. The van der Waals surface area contributed by atoms with Gasteiger partial charge in [-0.1, -0.05) is 0 Å². The van der Waals surface area contributed by atoms with Crippen LogP contribution in [0.1, 0.15) is 12.8 Å². The quantitative estimate of drug-likeness (QED) is 0.529. The first kappa shape index (κ1) is 10.8. The van der Waals surface area contributed by atoms with E-state index in [-0.39, 0.29) is 6.42 Å². The Balaban J connectivity index is 2.51. The summed E-state index contributed by atoms with van der Waals surface area (Å²) >= 11 is 0. The second kappa shape index (κ2) is 4.28. The molecule has 0 saturated heterocycles. The van der Waals surface area contributed by atoms with Gasteiger partial charge in [-0.05, 0) is 12.8 Å². The molecule has 6 heteroatoms. The molecule has 3 N–H and O–H groups in total. The van der Waals surface area contributed by atoms with E-state index in [0.29, 0.717) is 6.42 Å². The molecule has 0 unspecified atom stereocenters. The fourth-order valence-corrected chi connectivity index (χ4v) is 1.69. The van der Waals surface area contributed by atoms with Crippen LogP contribution in [0.2, 0.25) is 0 Å². The van der Waals surface area contributed by atoms with E-state index in [1.165, 1.54) is 7.11 Å². The van der Waals surface area contributed by atoms with Crippen LogP contribution in [0.3, 0.4) is 0 Å². The number of nitrogens with one attached hydrogen (secondary N) is 1. The minimum absolute atomic E-state index is 0.248. The van der Waals surface area contributed by atoms with Gasteiger partial charge in [-0.25, -0.2) is 4.79 Å². The number of esters is 1. The molecule has 0 aromatic heterocycles. The number of carbonyl (C=O) groups excluding carboxylic acids is 1. The Kier molecular flexibility index (Phi) is 3.29. The van der Waals surface area contributed by atoms with Crippen molar-refractivity contribution in [3.63, 3.8) is 0 Å². The monoisotopic (exact) mass is 203 g/mol. The number of ether oxygens (including phenoxy) is 1. The van der Waals surface area contributed by atoms with Crippen LogP contribution in [0.15, 0.2) is 0 Å². The van der Waals surface area contributed by atoms with Crippen LogP contribution in [-0.4, -0.2) is 41.5 Å². The second-order valence-corrected chi connectivity index (χ2v) is 3.31. The predicted octanol–water partition coefficient (Wildman–Crippen LogP) is -0.434. The van der Waals surface area contributed by atoms with E-state index in [2.05, 4.69) is 10.1 Å². The molecule has 1 aliphatic carbocycles. The zero-order valence-electron chi connectivity index (χ0n) is 7.77. The third-order valence-electron chi connectivity index (χ3n) is 2.37. The van der Waals surface area contributed by atoms with Crippen LogP contribution in [0, 0.1) is 5.92 Å². The number of amides is 1. The van der Waals surface area contributed by atoms with Crippen molar-refractivity contribution in [3.8, 4) is 0 Å². The van der Waals surface area contributed by atoms with Crippen molar-refractivity contribution >= 4 is 12.1 Å². The number of aliphatic hydroxyl groups is 1. The summed E-state index contributed by atoms with van der Waals surface area (Å²) < 4.78 is 4.51. The van der Waals surface area contributed by atoms with Gasteiger partial charge in [0.25, 0.3) is 0 Å². The number of rotatable bonds is 2. The van der Waals surface area contributed by atoms with Gasteiger partial charge in [0.15, 0.2) is 0 Å². The lowest BCUT2D eigenvalue weighted by molar-refractivity contribution is -0.145. The fraction of sp³-hybridized carbons (Fsp3) is 0.750. The molecule has 1 fully saturated rings. The molecule has 1 saturated carbocycles. The maximum absolute atomic E-state index is 11.1. The van der Waals surface area contributed by atoms with E-state index in [1.54, 1.807) is 0 Å². The molecule has 1 aliphatic rings.